The first-order valence-corrected chi connectivity index (χ1v) is 19.2. The van der Waals surface area contributed by atoms with Crippen LogP contribution in [-0.4, -0.2) is 19.6 Å². The van der Waals surface area contributed by atoms with E-state index in [-0.39, 0.29) is 32.2 Å². The summed E-state index contributed by atoms with van der Waals surface area (Å²) in [6.45, 7) is 14.2. The fourth-order valence-corrected chi connectivity index (χ4v) is 7.57. The average molecular weight is 928 g/mol. The predicted molar refractivity (Wildman–Crippen MR) is 233 cm³/mol. The summed E-state index contributed by atoms with van der Waals surface area (Å²) in [5.41, 5.74) is 13.5. The number of phenols is 1. The van der Waals surface area contributed by atoms with Gasteiger partial charge in [0, 0.05) is 41.4 Å². The Labute approximate surface area is 354 Å². The monoisotopic (exact) mass is 927 g/mol. The molecule has 8 aromatic rings. The van der Waals surface area contributed by atoms with Gasteiger partial charge in [-0.1, -0.05) is 151 Å². The number of benzene rings is 6. The number of para-hydroxylation sites is 2. The van der Waals surface area contributed by atoms with E-state index >= 15 is 0 Å². The van der Waals surface area contributed by atoms with E-state index in [0.717, 1.165) is 78.0 Å². The number of imidazole rings is 1. The number of nitrogens with zero attached hydrogens (tertiary/aromatic N) is 3. The van der Waals surface area contributed by atoms with Gasteiger partial charge in [0.1, 0.15) is 11.6 Å². The van der Waals surface area contributed by atoms with Gasteiger partial charge in [0.15, 0.2) is 0 Å². The summed E-state index contributed by atoms with van der Waals surface area (Å²) < 4.78 is 20.1. The largest absolute Gasteiger partial charge is 0.507 e. The Morgan fingerprint density at radius 3 is 1.95 bits per heavy atom. The molecule has 1 N–H and O–H groups in total. The zero-order chi connectivity index (χ0) is 41.0. The molecule has 0 aliphatic rings. The Morgan fingerprint density at radius 1 is 0.649 bits per heavy atom. The van der Waals surface area contributed by atoms with Gasteiger partial charge in [-0.05, 0) is 87.0 Å². The fraction of sp³-hybridized carbons (Fsp3) is 0.192. The van der Waals surface area contributed by atoms with Crippen molar-refractivity contribution < 1.29 is 28.9 Å². The van der Waals surface area contributed by atoms with Crippen LogP contribution in [-0.2, 0) is 26.5 Å². The molecular formula is C52H48N3OPt-. The van der Waals surface area contributed by atoms with Crippen molar-refractivity contribution in [3.05, 3.63) is 168 Å². The van der Waals surface area contributed by atoms with Gasteiger partial charge in [-0.2, -0.15) is 0 Å². The summed E-state index contributed by atoms with van der Waals surface area (Å²) in [6, 6.07) is 50.4. The summed E-state index contributed by atoms with van der Waals surface area (Å²) in [4.78, 5) is 10.2. The van der Waals surface area contributed by atoms with Crippen LogP contribution in [0.5, 0.6) is 5.75 Å². The molecule has 0 unspecified atom stereocenters. The Morgan fingerprint density at radius 2 is 1.28 bits per heavy atom. The van der Waals surface area contributed by atoms with Crippen molar-refractivity contribution >= 4 is 11.0 Å². The standard InChI is InChI=1S/C52H48N3O.Pt/c1-33(2)42-18-13-19-43(34(3)4)49(42)36-23-25-41(26-24-36)55-47-21-14-20-44(50(47)54-51(55)45-17-11-12-22-48(45)56)38-29-39(31-40(30-38)52(5,6)7)46-32-37(27-28-53-46)35-15-9-8-10-16-35;/h8-28,30-34,56H,1-7H3;/q-1;/i33D,34D;. The quantitative estimate of drug-likeness (QED) is 0.155. The predicted octanol–water partition coefficient (Wildman–Crippen LogP) is 13.8. The summed E-state index contributed by atoms with van der Waals surface area (Å²) in [6.07, 6.45) is 1.86. The third-order valence-electron chi connectivity index (χ3n) is 10.6. The Balaban J connectivity index is 0.00000528. The van der Waals surface area contributed by atoms with Crippen LogP contribution in [0.25, 0.3) is 72.7 Å². The molecule has 4 nitrogen and oxygen atoms in total. The van der Waals surface area contributed by atoms with E-state index in [1.54, 1.807) is 6.07 Å². The van der Waals surface area contributed by atoms with E-state index in [0.29, 0.717) is 11.4 Å². The molecule has 0 aliphatic heterocycles. The molecule has 288 valence electrons. The van der Waals surface area contributed by atoms with Gasteiger partial charge in [-0.3, -0.25) is 9.55 Å². The molecule has 0 atom stereocenters. The minimum atomic E-state index is -0.869. The molecule has 0 radical (unpaired) electrons. The van der Waals surface area contributed by atoms with Crippen LogP contribution in [0.3, 0.4) is 0 Å². The van der Waals surface area contributed by atoms with Crippen molar-refractivity contribution in [1.29, 1.82) is 0 Å². The molecule has 6 aromatic carbocycles. The van der Waals surface area contributed by atoms with E-state index in [9.17, 15) is 5.11 Å². The first-order valence-electron chi connectivity index (χ1n) is 20.2. The van der Waals surface area contributed by atoms with Crippen LogP contribution in [0.2, 0.25) is 0 Å². The van der Waals surface area contributed by atoms with Crippen LogP contribution in [0.15, 0.2) is 146 Å². The van der Waals surface area contributed by atoms with E-state index < -0.39 is 11.8 Å². The van der Waals surface area contributed by atoms with Gasteiger partial charge in [0.2, 0.25) is 0 Å². The second kappa shape index (κ2) is 16.1. The van der Waals surface area contributed by atoms with Crippen molar-refractivity contribution in [2.45, 2.75) is 65.7 Å². The maximum Gasteiger partial charge on any atom is 0.148 e. The molecule has 0 saturated carbocycles. The fourth-order valence-electron chi connectivity index (χ4n) is 7.57. The smallest absolute Gasteiger partial charge is 0.148 e. The van der Waals surface area contributed by atoms with Crippen LogP contribution >= 0.6 is 0 Å². The molecule has 0 saturated heterocycles. The van der Waals surface area contributed by atoms with Gasteiger partial charge >= 0.3 is 0 Å². The third-order valence-corrected chi connectivity index (χ3v) is 10.6. The number of hydrogen-bond donors (Lipinski definition) is 1. The molecule has 0 fully saturated rings. The Bertz CT molecular complexity index is 2760. The molecule has 5 heteroatoms. The van der Waals surface area contributed by atoms with Crippen LogP contribution in [0, 0.1) is 6.07 Å². The SMILES string of the molecule is [2H]C(C)(C)c1cccc(C([2H])(C)C)c1-c1ccc(-n2c(-c3ccccc3O)nc3c(-c4[c-]c(-c5cc(-c6ccccc6)ccn5)cc(C(C)(C)C)c4)cccc32)cc1.[Pt]. The number of phenolic OH excluding ortho intramolecular Hbond substituents is 1. The molecule has 2 aromatic heterocycles. The van der Waals surface area contributed by atoms with Crippen LogP contribution in [0.1, 0.15) is 79.7 Å². The molecule has 8 rings (SSSR count). The first kappa shape index (κ1) is 37.0. The van der Waals surface area contributed by atoms with E-state index in [4.69, 9.17) is 12.7 Å². The zero-order valence-corrected chi connectivity index (χ0v) is 35.7. The third kappa shape index (κ3) is 7.76. The second-order valence-corrected chi connectivity index (χ2v) is 16.0. The topological polar surface area (TPSA) is 50.9 Å². The number of fused-ring (bicyclic) bond motifs is 1. The van der Waals surface area contributed by atoms with E-state index in [1.807, 2.05) is 94.6 Å². The zero-order valence-electron chi connectivity index (χ0n) is 35.5. The van der Waals surface area contributed by atoms with Gasteiger partial charge in [0.05, 0.1) is 16.6 Å². The number of aromatic nitrogens is 3. The summed E-state index contributed by atoms with van der Waals surface area (Å²) in [5.74, 6) is -0.990. The van der Waals surface area contributed by atoms with Crippen molar-refractivity contribution in [1.82, 2.24) is 14.5 Å². The molecule has 0 spiro atoms. The number of hydrogen-bond acceptors (Lipinski definition) is 3. The summed E-state index contributed by atoms with van der Waals surface area (Å²) in [7, 11) is 0. The Hall–Kier alpha value is -5.57. The minimum Gasteiger partial charge on any atom is -0.507 e. The van der Waals surface area contributed by atoms with Gasteiger partial charge in [0.25, 0.3) is 0 Å². The molecular weight excluding hydrogens is 878 g/mol. The summed E-state index contributed by atoms with van der Waals surface area (Å²) >= 11 is 0. The van der Waals surface area contributed by atoms with Gasteiger partial charge < -0.3 is 5.11 Å². The maximum absolute atomic E-state index is 11.2. The Kier molecular flexibility index (Phi) is 10.5. The van der Waals surface area contributed by atoms with Crippen molar-refractivity contribution in [2.24, 2.45) is 0 Å². The van der Waals surface area contributed by atoms with Crippen LogP contribution < -0.4 is 0 Å². The first-order chi connectivity index (χ1) is 27.6. The van der Waals surface area contributed by atoms with E-state index in [1.165, 1.54) is 0 Å². The van der Waals surface area contributed by atoms with Crippen molar-refractivity contribution in [2.75, 3.05) is 0 Å². The second-order valence-electron chi connectivity index (χ2n) is 16.0. The average Bonchev–Trinajstić information content (AvgIpc) is 3.59. The summed E-state index contributed by atoms with van der Waals surface area (Å²) in [5, 5.41) is 11.2. The minimum absolute atomic E-state index is 0. The molecule has 57 heavy (non-hydrogen) atoms. The normalized spacial score (nSPS) is 12.5. The molecule has 0 aliphatic carbocycles. The number of rotatable bonds is 8. The molecule has 2 heterocycles. The van der Waals surface area contributed by atoms with Gasteiger partial charge in [-0.25, -0.2) is 4.98 Å². The van der Waals surface area contributed by atoms with Crippen molar-refractivity contribution in [3.8, 4) is 67.5 Å². The molecule has 0 amide bonds. The molecule has 0 bridgehead atoms. The van der Waals surface area contributed by atoms with Crippen LogP contribution in [0.4, 0.5) is 0 Å². The van der Waals surface area contributed by atoms with E-state index in [2.05, 4.69) is 104 Å². The maximum atomic E-state index is 11.2. The van der Waals surface area contributed by atoms with Gasteiger partial charge in [-0.15, -0.1) is 29.3 Å². The number of aromatic hydroxyl groups is 1. The number of pyridine rings is 1. The van der Waals surface area contributed by atoms with Crippen molar-refractivity contribution in [3.63, 3.8) is 0 Å².